The summed E-state index contributed by atoms with van der Waals surface area (Å²) in [6.45, 7) is -1.37. The summed E-state index contributed by atoms with van der Waals surface area (Å²) in [4.78, 5) is 3.89. The van der Waals surface area contributed by atoms with E-state index in [1.54, 1.807) is 6.07 Å². The summed E-state index contributed by atoms with van der Waals surface area (Å²) in [5, 5.41) is 11.1. The number of hydrogen-bond acceptors (Lipinski definition) is 5. The molecule has 1 aromatic heterocycles. The van der Waals surface area contributed by atoms with Gasteiger partial charge in [-0.25, -0.2) is 13.8 Å². The van der Waals surface area contributed by atoms with Gasteiger partial charge in [0.05, 0.1) is 13.1 Å². The summed E-state index contributed by atoms with van der Waals surface area (Å²) in [5.41, 5.74) is 4.85. The van der Waals surface area contributed by atoms with Crippen LogP contribution in [0.15, 0.2) is 0 Å². The van der Waals surface area contributed by atoms with Gasteiger partial charge in [-0.05, 0) is 0 Å². The first kappa shape index (κ1) is 12.1. The normalized spacial score (nSPS) is 11.1. The van der Waals surface area contributed by atoms with Gasteiger partial charge in [0, 0.05) is 0 Å². The molecule has 1 rings (SSSR count). The van der Waals surface area contributed by atoms with E-state index < -0.39 is 19.0 Å². The molecule has 0 amide bonds. The monoisotopic (exact) mass is 252 g/mol. The topological polar surface area (TPSA) is 74.7 Å². The van der Waals surface area contributed by atoms with Crippen LogP contribution >= 0.6 is 22.9 Å². The Balaban J connectivity index is 2.63. The minimum atomic E-state index is -3.00. The predicted molar refractivity (Wildman–Crippen MR) is 54.3 cm³/mol. The van der Waals surface area contributed by atoms with Crippen molar-refractivity contribution in [3.05, 3.63) is 10.0 Å². The van der Waals surface area contributed by atoms with E-state index in [4.69, 9.17) is 22.6 Å². The van der Waals surface area contributed by atoms with Crippen molar-refractivity contribution >= 4 is 28.1 Å². The van der Waals surface area contributed by atoms with Crippen molar-refractivity contribution in [3.63, 3.8) is 0 Å². The molecule has 4 nitrogen and oxygen atoms in total. The number of halogens is 3. The molecule has 0 atom stereocenters. The highest BCUT2D eigenvalue weighted by Crippen LogP contribution is 2.26. The first-order chi connectivity index (χ1) is 6.98. The molecule has 1 aromatic rings. The van der Waals surface area contributed by atoms with Gasteiger partial charge >= 0.3 is 0 Å². The molecule has 0 aromatic carbocycles. The molecule has 0 aliphatic rings. The third-order valence-corrected chi connectivity index (χ3v) is 2.79. The largest absolute Gasteiger partial charge is 0.355 e. The Morgan fingerprint density at radius 2 is 2.33 bits per heavy atom. The fraction of sp³-hybridized carbons (Fsp3) is 0.429. The highest BCUT2D eigenvalue weighted by Gasteiger charge is 2.26. The number of rotatable bonds is 4. The van der Waals surface area contributed by atoms with Crippen molar-refractivity contribution in [2.75, 3.05) is 18.4 Å². The zero-order valence-electron chi connectivity index (χ0n) is 7.43. The van der Waals surface area contributed by atoms with Crippen LogP contribution in [0.1, 0.15) is 4.88 Å². The van der Waals surface area contributed by atoms with Crippen LogP contribution in [0.25, 0.3) is 0 Å². The van der Waals surface area contributed by atoms with Crippen LogP contribution in [0.4, 0.5) is 13.9 Å². The van der Waals surface area contributed by atoms with Gasteiger partial charge in [0.1, 0.15) is 10.9 Å². The summed E-state index contributed by atoms with van der Waals surface area (Å²) in [6.07, 6.45) is 0. The van der Waals surface area contributed by atoms with Crippen molar-refractivity contribution < 1.29 is 8.78 Å². The van der Waals surface area contributed by atoms with E-state index in [1.165, 1.54) is 0 Å². The maximum absolute atomic E-state index is 12.7. The number of anilines is 1. The predicted octanol–water partition coefficient (Wildman–Crippen LogP) is 1.67. The van der Waals surface area contributed by atoms with E-state index in [9.17, 15) is 8.78 Å². The molecule has 15 heavy (non-hydrogen) atoms. The Hall–Kier alpha value is -0.970. The van der Waals surface area contributed by atoms with Gasteiger partial charge in [-0.3, -0.25) is 0 Å². The number of aromatic nitrogens is 1. The molecule has 0 fully saturated rings. The molecule has 8 heteroatoms. The lowest BCUT2D eigenvalue weighted by molar-refractivity contribution is 0.0254. The van der Waals surface area contributed by atoms with Crippen LogP contribution in [-0.2, 0) is 0 Å². The number of nitriles is 1. The van der Waals surface area contributed by atoms with Crippen LogP contribution in [0.3, 0.4) is 0 Å². The maximum atomic E-state index is 12.7. The third-order valence-electron chi connectivity index (χ3n) is 1.48. The van der Waals surface area contributed by atoms with Crippen molar-refractivity contribution in [1.29, 1.82) is 5.26 Å². The second-order valence-corrected chi connectivity index (χ2v) is 4.02. The summed E-state index contributed by atoms with van der Waals surface area (Å²) in [7, 11) is 0. The van der Waals surface area contributed by atoms with E-state index in [0.29, 0.717) is 0 Å². The fourth-order valence-electron chi connectivity index (χ4n) is 0.723. The van der Waals surface area contributed by atoms with Crippen molar-refractivity contribution in [2.45, 2.75) is 5.92 Å². The zero-order valence-corrected chi connectivity index (χ0v) is 9.00. The SMILES string of the molecule is N#Cc1sc(NCC(F)(F)CN)nc1Cl. The molecule has 0 aliphatic carbocycles. The third kappa shape index (κ3) is 3.27. The molecule has 0 aliphatic heterocycles. The number of hydrogen-bond donors (Lipinski definition) is 2. The van der Waals surface area contributed by atoms with E-state index in [-0.39, 0.29) is 15.2 Å². The van der Waals surface area contributed by atoms with Crippen molar-refractivity contribution in [2.24, 2.45) is 5.73 Å². The molecule has 0 spiro atoms. The molecule has 1 heterocycles. The Labute approximate surface area is 93.7 Å². The molecule has 0 saturated carbocycles. The van der Waals surface area contributed by atoms with Crippen LogP contribution in [0.5, 0.6) is 0 Å². The smallest absolute Gasteiger partial charge is 0.276 e. The average molecular weight is 253 g/mol. The van der Waals surface area contributed by atoms with E-state index >= 15 is 0 Å². The molecule has 3 N–H and O–H groups in total. The Bertz CT molecular complexity index is 387. The number of nitrogens with two attached hydrogens (primary N) is 1. The first-order valence-electron chi connectivity index (χ1n) is 3.86. The van der Waals surface area contributed by atoms with Crippen molar-refractivity contribution in [3.8, 4) is 6.07 Å². The molecule has 0 unspecified atom stereocenters. The Morgan fingerprint density at radius 3 is 2.80 bits per heavy atom. The molecule has 0 bridgehead atoms. The summed E-state index contributed by atoms with van der Waals surface area (Å²) in [5.74, 6) is -3.00. The van der Waals surface area contributed by atoms with E-state index in [0.717, 1.165) is 11.3 Å². The highest BCUT2D eigenvalue weighted by atomic mass is 35.5. The quantitative estimate of drug-likeness (QED) is 0.855. The minimum absolute atomic E-state index is 0.0149. The standard InChI is InChI=1S/C7H7ClF2N4S/c8-5-4(1-11)15-6(14-5)13-3-7(9,10)2-12/h2-3,12H2,(H,13,14). The Kier molecular flexibility index (Phi) is 3.79. The molecule has 0 radical (unpaired) electrons. The second-order valence-electron chi connectivity index (χ2n) is 2.66. The van der Waals surface area contributed by atoms with Crippen LogP contribution < -0.4 is 11.1 Å². The number of nitrogens with one attached hydrogen (secondary N) is 1. The van der Waals surface area contributed by atoms with E-state index in [1.807, 2.05) is 0 Å². The summed E-state index contributed by atoms with van der Waals surface area (Å²) in [6, 6.07) is 1.80. The first-order valence-corrected chi connectivity index (χ1v) is 5.06. The van der Waals surface area contributed by atoms with Crippen LogP contribution in [-0.4, -0.2) is 24.0 Å². The zero-order chi connectivity index (χ0) is 11.5. The number of alkyl halides is 2. The maximum Gasteiger partial charge on any atom is 0.276 e. The van der Waals surface area contributed by atoms with Gasteiger partial charge in [-0.2, -0.15) is 5.26 Å². The fourth-order valence-corrected chi connectivity index (χ4v) is 1.67. The van der Waals surface area contributed by atoms with Gasteiger partial charge in [-0.15, -0.1) is 0 Å². The van der Waals surface area contributed by atoms with E-state index in [2.05, 4.69) is 10.3 Å². The lowest BCUT2D eigenvalue weighted by atomic mass is 10.3. The lowest BCUT2D eigenvalue weighted by Crippen LogP contribution is -2.35. The molecular formula is C7H7ClF2N4S. The van der Waals surface area contributed by atoms with Crippen LogP contribution in [0, 0.1) is 11.3 Å². The van der Waals surface area contributed by atoms with Gasteiger partial charge in [0.15, 0.2) is 10.3 Å². The highest BCUT2D eigenvalue weighted by molar-refractivity contribution is 7.16. The van der Waals surface area contributed by atoms with Gasteiger partial charge in [-0.1, -0.05) is 22.9 Å². The average Bonchev–Trinajstić information content (AvgIpc) is 2.56. The second kappa shape index (κ2) is 4.70. The molecular weight excluding hydrogens is 246 g/mol. The minimum Gasteiger partial charge on any atom is -0.355 e. The Morgan fingerprint density at radius 1 is 1.67 bits per heavy atom. The molecule has 0 saturated heterocycles. The number of nitrogens with zero attached hydrogens (tertiary/aromatic N) is 2. The molecule has 82 valence electrons. The van der Waals surface area contributed by atoms with Gasteiger partial charge < -0.3 is 11.1 Å². The summed E-state index contributed by atoms with van der Waals surface area (Å²) >= 11 is 6.47. The van der Waals surface area contributed by atoms with Crippen LogP contribution in [0.2, 0.25) is 5.15 Å². The van der Waals surface area contributed by atoms with Gasteiger partial charge in [0.25, 0.3) is 5.92 Å². The van der Waals surface area contributed by atoms with Gasteiger partial charge in [0.2, 0.25) is 0 Å². The van der Waals surface area contributed by atoms with Crippen molar-refractivity contribution in [1.82, 2.24) is 4.98 Å². The number of thiazole rings is 1. The lowest BCUT2D eigenvalue weighted by Gasteiger charge is -2.13. The summed E-state index contributed by atoms with van der Waals surface area (Å²) < 4.78 is 25.4.